The zero-order valence-corrected chi connectivity index (χ0v) is 18.0. The molecule has 1 saturated carbocycles. The van der Waals surface area contributed by atoms with Gasteiger partial charge in [0.2, 0.25) is 11.8 Å². The number of aryl methyl sites for hydroxylation is 1. The van der Waals surface area contributed by atoms with E-state index in [-0.39, 0.29) is 41.8 Å². The topological polar surface area (TPSA) is 64.1 Å². The molecule has 3 fully saturated rings. The van der Waals surface area contributed by atoms with Gasteiger partial charge in [0.1, 0.15) is 5.75 Å². The van der Waals surface area contributed by atoms with Gasteiger partial charge in [0.05, 0.1) is 5.92 Å². The Bertz CT molecular complexity index is 896. The number of aromatic hydroxyl groups is 1. The Kier molecular flexibility index (Phi) is 5.96. The van der Waals surface area contributed by atoms with Crippen molar-refractivity contribution in [2.45, 2.75) is 37.1 Å². The molecule has 0 bridgehead atoms. The summed E-state index contributed by atoms with van der Waals surface area (Å²) in [6.45, 7) is 7.60. The number of amides is 2. The van der Waals surface area contributed by atoms with Gasteiger partial charge < -0.3 is 14.9 Å². The maximum absolute atomic E-state index is 13.4. The first-order valence-electron chi connectivity index (χ1n) is 10.5. The Labute approximate surface area is 185 Å². The van der Waals surface area contributed by atoms with Gasteiger partial charge in [-0.15, -0.1) is 0 Å². The van der Waals surface area contributed by atoms with E-state index in [1.54, 1.807) is 9.80 Å². The van der Waals surface area contributed by atoms with E-state index in [4.69, 9.17) is 11.6 Å². The largest absolute Gasteiger partial charge is 0.508 e. The third kappa shape index (κ3) is 4.55. The van der Waals surface area contributed by atoms with E-state index >= 15 is 0 Å². The summed E-state index contributed by atoms with van der Waals surface area (Å²) < 4.78 is 26.9. The monoisotopic (exact) mass is 453 g/mol. The number of piperazine rings is 1. The second kappa shape index (κ2) is 8.39. The van der Waals surface area contributed by atoms with Crippen molar-refractivity contribution in [1.82, 2.24) is 14.7 Å². The number of hydrogen-bond donors (Lipinski definition) is 1. The molecule has 1 N–H and O–H groups in total. The fraction of sp³-hybridized carbons (Fsp3) is 0.545. The third-order valence-electron chi connectivity index (χ3n) is 6.54. The summed E-state index contributed by atoms with van der Waals surface area (Å²) in [5.41, 5.74) is 0.806. The normalized spacial score (nSPS) is 23.4. The van der Waals surface area contributed by atoms with Gasteiger partial charge in [0.25, 0.3) is 5.92 Å². The predicted octanol–water partition coefficient (Wildman–Crippen LogP) is 2.64. The number of alkyl halides is 2. The third-order valence-corrected chi connectivity index (χ3v) is 6.87. The molecular weight excluding hydrogens is 428 g/mol. The van der Waals surface area contributed by atoms with Crippen LogP contribution in [0.25, 0.3) is 0 Å². The Morgan fingerprint density at radius 3 is 2.42 bits per heavy atom. The number of halogens is 3. The number of phenolic OH excluding ortho intramolecular Hbond substituents is 1. The van der Waals surface area contributed by atoms with Crippen LogP contribution < -0.4 is 0 Å². The van der Waals surface area contributed by atoms with Crippen LogP contribution in [-0.4, -0.2) is 82.9 Å². The number of nitrogens with zero attached hydrogens (tertiary/aromatic N) is 3. The molecule has 1 aromatic carbocycles. The summed E-state index contributed by atoms with van der Waals surface area (Å²) in [5, 5.41) is 10.3. The summed E-state index contributed by atoms with van der Waals surface area (Å²) in [6, 6.07) is 3.13. The van der Waals surface area contributed by atoms with Crippen molar-refractivity contribution < 1.29 is 23.5 Å². The van der Waals surface area contributed by atoms with Crippen LogP contribution in [0.2, 0.25) is 5.02 Å². The maximum atomic E-state index is 13.4. The molecule has 1 aliphatic carbocycles. The molecule has 0 radical (unpaired) electrons. The lowest BCUT2D eigenvalue weighted by molar-refractivity contribution is -0.136. The fourth-order valence-electron chi connectivity index (χ4n) is 4.38. The van der Waals surface area contributed by atoms with Gasteiger partial charge >= 0.3 is 0 Å². The first-order valence-corrected chi connectivity index (χ1v) is 10.9. The van der Waals surface area contributed by atoms with Gasteiger partial charge in [-0.1, -0.05) is 24.2 Å². The average Bonchev–Trinajstić information content (AvgIpc) is 3.34. The van der Waals surface area contributed by atoms with E-state index < -0.39 is 11.8 Å². The minimum Gasteiger partial charge on any atom is -0.508 e. The number of hydrogen-bond acceptors (Lipinski definition) is 4. The van der Waals surface area contributed by atoms with Gasteiger partial charge in [0.15, 0.2) is 0 Å². The summed E-state index contributed by atoms with van der Waals surface area (Å²) in [7, 11) is 0. The SMILES string of the molecule is C=CC(=O)N1CC(N2CCN(C(=O)CCc3cc(C4CC4(F)F)c(Cl)cc3O)CC2)C1. The minimum absolute atomic E-state index is 0.0237. The number of carbonyl (C=O) groups excluding carboxylic acids is 2. The highest BCUT2D eigenvalue weighted by atomic mass is 35.5. The lowest BCUT2D eigenvalue weighted by Gasteiger charge is -2.47. The number of benzene rings is 1. The molecule has 0 aromatic heterocycles. The van der Waals surface area contributed by atoms with Crippen molar-refractivity contribution in [3.05, 3.63) is 40.9 Å². The summed E-state index contributed by atoms with van der Waals surface area (Å²) in [5.74, 6) is -3.80. The van der Waals surface area contributed by atoms with Crippen molar-refractivity contribution in [3.8, 4) is 5.75 Å². The highest BCUT2D eigenvalue weighted by molar-refractivity contribution is 6.31. The Morgan fingerprint density at radius 1 is 1.19 bits per heavy atom. The van der Waals surface area contributed by atoms with Crippen molar-refractivity contribution in [2.24, 2.45) is 0 Å². The van der Waals surface area contributed by atoms with Gasteiger partial charge in [-0.25, -0.2) is 8.78 Å². The zero-order chi connectivity index (χ0) is 22.3. The number of carbonyl (C=O) groups is 2. The number of rotatable bonds is 6. The van der Waals surface area contributed by atoms with Crippen molar-refractivity contribution >= 4 is 23.4 Å². The van der Waals surface area contributed by atoms with Gasteiger partial charge in [0, 0.05) is 63.2 Å². The van der Waals surface area contributed by atoms with E-state index in [1.807, 2.05) is 0 Å². The van der Waals surface area contributed by atoms with Crippen LogP contribution in [0, 0.1) is 0 Å². The molecule has 4 rings (SSSR count). The second-order valence-corrected chi connectivity index (χ2v) is 8.95. The maximum Gasteiger partial charge on any atom is 0.255 e. The molecule has 1 atom stereocenters. The highest BCUT2D eigenvalue weighted by Gasteiger charge is 2.58. The highest BCUT2D eigenvalue weighted by Crippen LogP contribution is 2.57. The van der Waals surface area contributed by atoms with Gasteiger partial charge in [-0.3, -0.25) is 14.5 Å². The number of likely N-dealkylation sites (tertiary alicyclic amines) is 1. The molecule has 0 spiro atoms. The summed E-state index contributed by atoms with van der Waals surface area (Å²) in [4.78, 5) is 30.0. The lowest BCUT2D eigenvalue weighted by atomic mass is 10.0. The molecule has 9 heteroatoms. The molecule has 2 heterocycles. The predicted molar refractivity (Wildman–Crippen MR) is 112 cm³/mol. The summed E-state index contributed by atoms with van der Waals surface area (Å²) in [6.07, 6.45) is 1.56. The van der Waals surface area contributed by atoms with E-state index in [2.05, 4.69) is 11.5 Å². The molecule has 2 saturated heterocycles. The first-order chi connectivity index (χ1) is 14.7. The smallest absolute Gasteiger partial charge is 0.255 e. The first kappa shape index (κ1) is 22.0. The molecule has 2 amide bonds. The Hall–Kier alpha value is -2.19. The fourth-order valence-corrected chi connectivity index (χ4v) is 4.67. The van der Waals surface area contributed by atoms with Crippen LogP contribution >= 0.6 is 11.6 Å². The van der Waals surface area contributed by atoms with Crippen LogP contribution in [0.5, 0.6) is 5.75 Å². The van der Waals surface area contributed by atoms with E-state index in [0.29, 0.717) is 43.3 Å². The van der Waals surface area contributed by atoms with E-state index in [9.17, 15) is 23.5 Å². The molecule has 6 nitrogen and oxygen atoms in total. The van der Waals surface area contributed by atoms with Crippen LogP contribution in [-0.2, 0) is 16.0 Å². The quantitative estimate of drug-likeness (QED) is 0.673. The molecular formula is C22H26ClF2N3O3. The van der Waals surface area contributed by atoms with Crippen molar-refractivity contribution in [2.75, 3.05) is 39.3 Å². The lowest BCUT2D eigenvalue weighted by Crippen LogP contribution is -2.64. The Balaban J connectivity index is 1.26. The van der Waals surface area contributed by atoms with Gasteiger partial charge in [-0.2, -0.15) is 0 Å². The number of phenols is 1. The Morgan fingerprint density at radius 2 is 1.84 bits per heavy atom. The van der Waals surface area contributed by atoms with Crippen molar-refractivity contribution in [1.29, 1.82) is 0 Å². The molecule has 1 unspecified atom stereocenters. The average molecular weight is 454 g/mol. The standard InChI is InChI=1S/C22H26ClF2N3O3/c1-2-20(30)28-12-15(13-28)26-5-7-27(8-6-26)21(31)4-3-14-9-16(17-11-22(17,24)25)18(23)10-19(14)29/h2,9-10,15,17,29H,1,3-8,11-13H2. The van der Waals surface area contributed by atoms with Crippen LogP contribution in [0.15, 0.2) is 24.8 Å². The molecule has 2 aliphatic heterocycles. The van der Waals surface area contributed by atoms with E-state index in [0.717, 1.165) is 13.1 Å². The summed E-state index contributed by atoms with van der Waals surface area (Å²) >= 11 is 6.04. The minimum atomic E-state index is -2.75. The molecule has 168 valence electrons. The van der Waals surface area contributed by atoms with E-state index in [1.165, 1.54) is 18.2 Å². The van der Waals surface area contributed by atoms with Gasteiger partial charge in [-0.05, 0) is 29.7 Å². The van der Waals surface area contributed by atoms with Crippen LogP contribution in [0.4, 0.5) is 8.78 Å². The molecule has 3 aliphatic rings. The second-order valence-electron chi connectivity index (χ2n) is 8.54. The van der Waals surface area contributed by atoms with Crippen molar-refractivity contribution in [3.63, 3.8) is 0 Å². The zero-order valence-electron chi connectivity index (χ0n) is 17.2. The van der Waals surface area contributed by atoms with Crippen LogP contribution in [0.3, 0.4) is 0 Å². The molecule has 1 aromatic rings. The molecule has 31 heavy (non-hydrogen) atoms. The van der Waals surface area contributed by atoms with Crippen LogP contribution in [0.1, 0.15) is 29.9 Å².